The molecular weight excluding hydrogens is 258 g/mol. The van der Waals surface area contributed by atoms with Gasteiger partial charge >= 0.3 is 5.97 Å². The van der Waals surface area contributed by atoms with E-state index < -0.39 is 0 Å². The van der Waals surface area contributed by atoms with Gasteiger partial charge in [-0.1, -0.05) is 6.92 Å². The lowest BCUT2D eigenvalue weighted by Gasteiger charge is -2.23. The van der Waals surface area contributed by atoms with Gasteiger partial charge < -0.3 is 19.5 Å². The van der Waals surface area contributed by atoms with Crippen LogP contribution >= 0.6 is 0 Å². The lowest BCUT2D eigenvalue weighted by atomic mass is 10.1. The van der Waals surface area contributed by atoms with E-state index in [1.807, 2.05) is 6.92 Å². The van der Waals surface area contributed by atoms with Crippen LogP contribution in [-0.2, 0) is 19.0 Å². The summed E-state index contributed by atoms with van der Waals surface area (Å²) in [6.07, 6.45) is 5.32. The largest absolute Gasteiger partial charge is 0.465 e. The summed E-state index contributed by atoms with van der Waals surface area (Å²) < 4.78 is 16.3. The molecule has 1 rings (SSSR count). The first-order valence-electron chi connectivity index (χ1n) is 7.87. The summed E-state index contributed by atoms with van der Waals surface area (Å²) in [5, 5.41) is 3.21. The number of esters is 1. The number of hydrogen-bond donors (Lipinski definition) is 1. The SMILES string of the molecule is CCCNC(CCOCC1CCCCO1)C(=O)OCC. The van der Waals surface area contributed by atoms with Gasteiger partial charge in [-0.15, -0.1) is 0 Å². The Balaban J connectivity index is 2.17. The number of carbonyl (C=O) groups excluding carboxylic acids is 1. The van der Waals surface area contributed by atoms with Crippen LogP contribution in [0.4, 0.5) is 0 Å². The normalized spacial score (nSPS) is 20.6. The van der Waals surface area contributed by atoms with Gasteiger partial charge in [0.05, 0.1) is 19.3 Å². The van der Waals surface area contributed by atoms with E-state index in [0.717, 1.165) is 32.4 Å². The van der Waals surface area contributed by atoms with Crippen molar-refractivity contribution in [3.63, 3.8) is 0 Å². The summed E-state index contributed by atoms with van der Waals surface area (Å²) in [5.74, 6) is -0.182. The van der Waals surface area contributed by atoms with Gasteiger partial charge in [0.15, 0.2) is 0 Å². The Kier molecular flexibility index (Phi) is 9.62. The summed E-state index contributed by atoms with van der Waals surface area (Å²) in [5.41, 5.74) is 0. The second kappa shape index (κ2) is 11.1. The van der Waals surface area contributed by atoms with Crippen molar-refractivity contribution in [3.8, 4) is 0 Å². The highest BCUT2D eigenvalue weighted by Crippen LogP contribution is 2.12. The molecule has 1 heterocycles. The maximum absolute atomic E-state index is 11.8. The first-order valence-corrected chi connectivity index (χ1v) is 7.87. The van der Waals surface area contributed by atoms with Gasteiger partial charge in [-0.25, -0.2) is 0 Å². The molecule has 1 aliphatic rings. The topological polar surface area (TPSA) is 56.8 Å². The third-order valence-corrected chi connectivity index (χ3v) is 3.34. The van der Waals surface area contributed by atoms with E-state index in [0.29, 0.717) is 26.2 Å². The van der Waals surface area contributed by atoms with E-state index in [1.165, 1.54) is 6.42 Å². The highest BCUT2D eigenvalue weighted by atomic mass is 16.5. The Morgan fingerprint density at radius 2 is 2.25 bits per heavy atom. The number of rotatable bonds is 10. The minimum Gasteiger partial charge on any atom is -0.465 e. The molecule has 1 aliphatic heterocycles. The third-order valence-electron chi connectivity index (χ3n) is 3.34. The quantitative estimate of drug-likeness (QED) is 0.491. The lowest BCUT2D eigenvalue weighted by molar-refractivity contribution is -0.146. The molecule has 0 amide bonds. The zero-order chi connectivity index (χ0) is 14.6. The average molecular weight is 287 g/mol. The van der Waals surface area contributed by atoms with Crippen LogP contribution in [0.25, 0.3) is 0 Å². The van der Waals surface area contributed by atoms with E-state index in [9.17, 15) is 4.79 Å². The zero-order valence-electron chi connectivity index (χ0n) is 12.9. The standard InChI is InChI=1S/C15H29NO4/c1-3-9-16-14(15(17)19-4-2)8-11-18-12-13-7-5-6-10-20-13/h13-14,16H,3-12H2,1-2H3. The molecule has 1 saturated heterocycles. The smallest absolute Gasteiger partial charge is 0.323 e. The van der Waals surface area contributed by atoms with Crippen molar-refractivity contribution in [2.24, 2.45) is 0 Å². The van der Waals surface area contributed by atoms with Crippen LogP contribution in [0.15, 0.2) is 0 Å². The molecule has 0 spiro atoms. The highest BCUT2D eigenvalue weighted by Gasteiger charge is 2.19. The Morgan fingerprint density at radius 1 is 1.40 bits per heavy atom. The van der Waals surface area contributed by atoms with E-state index in [4.69, 9.17) is 14.2 Å². The molecule has 2 unspecified atom stereocenters. The van der Waals surface area contributed by atoms with Gasteiger partial charge in [0.25, 0.3) is 0 Å². The maximum atomic E-state index is 11.8. The van der Waals surface area contributed by atoms with Crippen LogP contribution in [0.3, 0.4) is 0 Å². The molecule has 118 valence electrons. The van der Waals surface area contributed by atoms with Crippen molar-refractivity contribution in [1.82, 2.24) is 5.32 Å². The first-order chi connectivity index (χ1) is 9.77. The summed E-state index contributed by atoms with van der Waals surface area (Å²) >= 11 is 0. The molecule has 0 aromatic rings. The van der Waals surface area contributed by atoms with Gasteiger partial charge in [-0.2, -0.15) is 0 Å². The average Bonchev–Trinajstić information content (AvgIpc) is 2.47. The van der Waals surface area contributed by atoms with Gasteiger partial charge in [-0.05, 0) is 45.6 Å². The van der Waals surface area contributed by atoms with Crippen LogP contribution < -0.4 is 5.32 Å². The molecule has 0 bridgehead atoms. The summed E-state index contributed by atoms with van der Waals surface area (Å²) in [6, 6.07) is -0.262. The van der Waals surface area contributed by atoms with Crippen LogP contribution in [-0.4, -0.2) is 51.1 Å². The molecule has 0 saturated carbocycles. The molecule has 1 N–H and O–H groups in total. The maximum Gasteiger partial charge on any atom is 0.323 e. The van der Waals surface area contributed by atoms with Crippen LogP contribution in [0.1, 0.15) is 46.0 Å². The third kappa shape index (κ3) is 7.22. The van der Waals surface area contributed by atoms with Crippen molar-refractivity contribution < 1.29 is 19.0 Å². The Hall–Kier alpha value is -0.650. The van der Waals surface area contributed by atoms with Gasteiger partial charge in [0.2, 0.25) is 0 Å². The fourth-order valence-corrected chi connectivity index (χ4v) is 2.22. The molecule has 5 heteroatoms. The Morgan fingerprint density at radius 3 is 2.90 bits per heavy atom. The molecule has 1 fully saturated rings. The Bertz CT molecular complexity index is 254. The van der Waals surface area contributed by atoms with Crippen LogP contribution in [0.5, 0.6) is 0 Å². The van der Waals surface area contributed by atoms with E-state index >= 15 is 0 Å². The van der Waals surface area contributed by atoms with E-state index in [1.54, 1.807) is 0 Å². The predicted octanol–water partition coefficient (Wildman–Crippen LogP) is 1.89. The lowest BCUT2D eigenvalue weighted by Crippen LogP contribution is -2.39. The Labute approximate surface area is 122 Å². The van der Waals surface area contributed by atoms with Gasteiger partial charge in [0, 0.05) is 13.2 Å². The number of hydrogen-bond acceptors (Lipinski definition) is 5. The number of ether oxygens (including phenoxy) is 3. The van der Waals surface area contributed by atoms with Gasteiger partial charge in [0.1, 0.15) is 6.04 Å². The van der Waals surface area contributed by atoms with Crippen LogP contribution in [0.2, 0.25) is 0 Å². The van der Waals surface area contributed by atoms with E-state index in [-0.39, 0.29) is 18.1 Å². The molecule has 20 heavy (non-hydrogen) atoms. The van der Waals surface area contributed by atoms with Gasteiger partial charge in [-0.3, -0.25) is 4.79 Å². The number of carbonyl (C=O) groups is 1. The van der Waals surface area contributed by atoms with Crippen LogP contribution in [0, 0.1) is 0 Å². The highest BCUT2D eigenvalue weighted by molar-refractivity contribution is 5.75. The molecular formula is C15H29NO4. The fraction of sp³-hybridized carbons (Fsp3) is 0.933. The molecule has 0 radical (unpaired) electrons. The van der Waals surface area contributed by atoms with Crippen molar-refractivity contribution in [2.45, 2.75) is 58.1 Å². The fourth-order valence-electron chi connectivity index (χ4n) is 2.22. The van der Waals surface area contributed by atoms with Crippen molar-refractivity contribution in [1.29, 1.82) is 0 Å². The van der Waals surface area contributed by atoms with Crippen molar-refractivity contribution in [2.75, 3.05) is 33.0 Å². The molecule has 0 aromatic carbocycles. The second-order valence-corrected chi connectivity index (χ2v) is 5.11. The number of nitrogens with one attached hydrogen (secondary N) is 1. The van der Waals surface area contributed by atoms with Crippen molar-refractivity contribution in [3.05, 3.63) is 0 Å². The molecule has 5 nitrogen and oxygen atoms in total. The second-order valence-electron chi connectivity index (χ2n) is 5.11. The predicted molar refractivity (Wildman–Crippen MR) is 77.7 cm³/mol. The molecule has 0 aromatic heterocycles. The zero-order valence-corrected chi connectivity index (χ0v) is 12.9. The summed E-state index contributed by atoms with van der Waals surface area (Å²) in [6.45, 7) is 7.16. The minimum atomic E-state index is -0.262. The monoisotopic (exact) mass is 287 g/mol. The van der Waals surface area contributed by atoms with Crippen molar-refractivity contribution >= 4 is 5.97 Å². The van der Waals surface area contributed by atoms with E-state index in [2.05, 4.69) is 12.2 Å². The first kappa shape index (κ1) is 17.4. The summed E-state index contributed by atoms with van der Waals surface area (Å²) in [7, 11) is 0. The molecule has 2 atom stereocenters. The molecule has 0 aliphatic carbocycles. The summed E-state index contributed by atoms with van der Waals surface area (Å²) in [4.78, 5) is 11.8. The minimum absolute atomic E-state index is 0.182.